The van der Waals surface area contributed by atoms with E-state index in [2.05, 4.69) is 20.8 Å². The van der Waals surface area contributed by atoms with Crippen LogP contribution in [0.25, 0.3) is 21.5 Å². The lowest BCUT2D eigenvalue weighted by molar-refractivity contribution is -0.151. The Morgan fingerprint density at radius 2 is 2.06 bits per heavy atom. The van der Waals surface area contributed by atoms with Crippen molar-refractivity contribution in [3.05, 3.63) is 28.4 Å². The lowest BCUT2D eigenvalue weighted by Gasteiger charge is -2.54. The number of urea groups is 1. The summed E-state index contributed by atoms with van der Waals surface area (Å²) in [5.74, 6) is -1.29. The van der Waals surface area contributed by atoms with E-state index in [1.165, 1.54) is 11.3 Å². The first-order valence-electron chi connectivity index (χ1n) is 9.96. The fourth-order valence-corrected chi connectivity index (χ4v) is 6.15. The zero-order valence-corrected chi connectivity index (χ0v) is 18.2. The van der Waals surface area contributed by atoms with Crippen LogP contribution in [0.1, 0.15) is 12.5 Å². The molecule has 2 fully saturated rings. The van der Waals surface area contributed by atoms with E-state index >= 15 is 0 Å². The van der Waals surface area contributed by atoms with Gasteiger partial charge in [0.1, 0.15) is 10.7 Å². The van der Waals surface area contributed by atoms with Crippen molar-refractivity contribution in [3.8, 4) is 10.6 Å². The van der Waals surface area contributed by atoms with Crippen LogP contribution in [0.5, 0.6) is 0 Å². The fraction of sp³-hybridized carbons (Fsp3) is 0.350. The average molecular weight is 474 g/mol. The van der Waals surface area contributed by atoms with Gasteiger partial charge in [0.15, 0.2) is 11.0 Å². The molecule has 164 valence electrons. The summed E-state index contributed by atoms with van der Waals surface area (Å²) in [6, 6.07) is 0.375. The molecule has 2 atom stereocenters. The first-order valence-corrected chi connectivity index (χ1v) is 11.2. The minimum Gasteiger partial charge on any atom is -0.374 e. The van der Waals surface area contributed by atoms with Crippen molar-refractivity contribution in [2.75, 3.05) is 18.1 Å². The van der Waals surface area contributed by atoms with Crippen LogP contribution in [0, 0.1) is 5.41 Å². The molecule has 12 heteroatoms. The number of nitrogens with one attached hydrogen (secondary N) is 2. The highest BCUT2D eigenvalue weighted by atomic mass is 35.5. The summed E-state index contributed by atoms with van der Waals surface area (Å²) in [5.41, 5.74) is 2.54. The molecule has 0 aliphatic carbocycles. The van der Waals surface area contributed by atoms with Crippen LogP contribution >= 0.6 is 22.9 Å². The number of imide groups is 2. The number of barbiturate groups is 1. The Morgan fingerprint density at radius 1 is 1.28 bits per heavy atom. The molecule has 0 saturated carbocycles. The number of carbonyl (C=O) groups is 3. The predicted octanol–water partition coefficient (Wildman–Crippen LogP) is 2.11. The molecule has 1 spiro atoms. The Kier molecular flexibility index (Phi) is 4.14. The van der Waals surface area contributed by atoms with Crippen molar-refractivity contribution in [2.45, 2.75) is 25.5 Å². The van der Waals surface area contributed by atoms with Gasteiger partial charge in [0.2, 0.25) is 11.8 Å². The second-order valence-corrected chi connectivity index (χ2v) is 9.34. The largest absolute Gasteiger partial charge is 0.374 e. The average Bonchev–Trinajstić information content (AvgIpc) is 3.41. The van der Waals surface area contributed by atoms with Crippen molar-refractivity contribution >= 4 is 57.4 Å². The van der Waals surface area contributed by atoms with E-state index in [1.54, 1.807) is 11.7 Å². The van der Waals surface area contributed by atoms with Gasteiger partial charge in [-0.1, -0.05) is 16.8 Å². The topological polar surface area (TPSA) is 127 Å². The van der Waals surface area contributed by atoms with Crippen LogP contribution in [0.3, 0.4) is 0 Å². The number of ether oxygens (including phenoxy) is 1. The number of rotatable bonds is 1. The number of hydrogen-bond donors (Lipinski definition) is 2. The Balaban J connectivity index is 1.61. The molecule has 0 radical (unpaired) electrons. The third kappa shape index (κ3) is 2.46. The number of fused-ring (bicyclic) bond motifs is 5. The number of benzene rings is 1. The summed E-state index contributed by atoms with van der Waals surface area (Å²) >= 11 is 8.25. The normalized spacial score (nSPS) is 24.3. The van der Waals surface area contributed by atoms with Crippen LogP contribution < -0.4 is 15.5 Å². The van der Waals surface area contributed by atoms with E-state index < -0.39 is 35.4 Å². The molecule has 3 aliphatic heterocycles. The number of anilines is 1. The number of halogens is 1. The van der Waals surface area contributed by atoms with Gasteiger partial charge in [-0.05, 0) is 25.0 Å². The quantitative estimate of drug-likeness (QED) is 0.514. The van der Waals surface area contributed by atoms with E-state index in [9.17, 15) is 14.4 Å². The van der Waals surface area contributed by atoms with Crippen molar-refractivity contribution in [3.63, 3.8) is 0 Å². The fourth-order valence-electron chi connectivity index (χ4n) is 5.17. The Morgan fingerprint density at radius 3 is 2.78 bits per heavy atom. The molecule has 32 heavy (non-hydrogen) atoms. The molecule has 6 rings (SSSR count). The Hall–Kier alpha value is -3.02. The molecule has 3 aliphatic rings. The highest BCUT2D eigenvalue weighted by Crippen LogP contribution is 2.51. The van der Waals surface area contributed by atoms with Gasteiger partial charge >= 0.3 is 6.03 Å². The molecule has 4 amide bonds. The monoisotopic (exact) mass is 473 g/mol. The molecule has 0 unspecified atom stereocenters. The van der Waals surface area contributed by atoms with Gasteiger partial charge in [0.05, 0.1) is 40.2 Å². The standard InChI is InChI=1S/C20H16ClN5O5S/c1-8-16-20(17(27)23-19(29)24-18(20)28)5-9-4-10-13(11-6-22-7-32-11)25-31-15(10)12(21)14(9)26(16)2-3-30-8/h4,6-8,16H,2-3,5H2,1H3,(H2,23,24,27,28,29)/t8-,16+/m0/s1. The summed E-state index contributed by atoms with van der Waals surface area (Å²) in [5, 5.41) is 9.77. The molecular formula is C20H16ClN5O5S. The maximum atomic E-state index is 13.2. The molecule has 2 N–H and O–H groups in total. The van der Waals surface area contributed by atoms with Gasteiger partial charge in [-0.3, -0.25) is 25.2 Å². The number of aromatic nitrogens is 2. The predicted molar refractivity (Wildman–Crippen MR) is 114 cm³/mol. The van der Waals surface area contributed by atoms with Gasteiger partial charge < -0.3 is 14.2 Å². The van der Waals surface area contributed by atoms with Crippen molar-refractivity contribution in [1.82, 2.24) is 20.8 Å². The van der Waals surface area contributed by atoms with Crippen LogP contribution in [-0.4, -0.2) is 53.3 Å². The first kappa shape index (κ1) is 19.6. The lowest BCUT2D eigenvalue weighted by Crippen LogP contribution is -2.74. The van der Waals surface area contributed by atoms with Crippen molar-refractivity contribution in [2.24, 2.45) is 5.41 Å². The first-order chi connectivity index (χ1) is 15.4. The third-order valence-electron chi connectivity index (χ3n) is 6.44. The number of morpholine rings is 1. The van der Waals surface area contributed by atoms with E-state index in [0.29, 0.717) is 46.1 Å². The van der Waals surface area contributed by atoms with Crippen LogP contribution in [-0.2, 0) is 20.7 Å². The molecule has 3 aromatic rings. The molecule has 5 heterocycles. The number of carbonyl (C=O) groups excluding carboxylic acids is 3. The molecule has 2 aromatic heterocycles. The molecule has 10 nitrogen and oxygen atoms in total. The summed E-state index contributed by atoms with van der Waals surface area (Å²) in [6.45, 7) is 2.62. The molecular weight excluding hydrogens is 458 g/mol. The highest BCUT2D eigenvalue weighted by Gasteiger charge is 2.62. The number of hydrogen-bond acceptors (Lipinski definition) is 9. The van der Waals surface area contributed by atoms with Crippen molar-refractivity contribution < 1.29 is 23.6 Å². The maximum absolute atomic E-state index is 13.2. The van der Waals surface area contributed by atoms with Crippen LogP contribution in [0.4, 0.5) is 10.5 Å². The zero-order valence-electron chi connectivity index (χ0n) is 16.7. The van der Waals surface area contributed by atoms with Gasteiger partial charge in [-0.15, -0.1) is 11.3 Å². The van der Waals surface area contributed by atoms with E-state index in [0.717, 1.165) is 4.88 Å². The zero-order chi connectivity index (χ0) is 22.2. The van der Waals surface area contributed by atoms with Crippen LogP contribution in [0.2, 0.25) is 5.02 Å². The summed E-state index contributed by atoms with van der Waals surface area (Å²) in [7, 11) is 0. The van der Waals surface area contributed by atoms with E-state index in [1.807, 2.05) is 17.9 Å². The summed E-state index contributed by atoms with van der Waals surface area (Å²) in [4.78, 5) is 45.1. The maximum Gasteiger partial charge on any atom is 0.328 e. The Labute approximate surface area is 189 Å². The second kappa shape index (κ2) is 6.74. The minimum atomic E-state index is -1.56. The minimum absolute atomic E-state index is 0.0467. The van der Waals surface area contributed by atoms with E-state index in [4.69, 9.17) is 20.9 Å². The lowest BCUT2D eigenvalue weighted by atomic mass is 9.66. The number of amides is 4. The molecule has 2 saturated heterocycles. The third-order valence-corrected chi connectivity index (χ3v) is 7.57. The van der Waals surface area contributed by atoms with Gasteiger partial charge in [0.25, 0.3) is 0 Å². The number of nitrogens with zero attached hydrogens (tertiary/aromatic N) is 3. The second-order valence-electron chi connectivity index (χ2n) is 8.07. The summed E-state index contributed by atoms with van der Waals surface area (Å²) < 4.78 is 11.4. The summed E-state index contributed by atoms with van der Waals surface area (Å²) in [6.07, 6.45) is 1.27. The van der Waals surface area contributed by atoms with Crippen molar-refractivity contribution in [1.29, 1.82) is 0 Å². The van der Waals surface area contributed by atoms with Crippen LogP contribution in [0.15, 0.2) is 22.3 Å². The van der Waals surface area contributed by atoms with E-state index in [-0.39, 0.29) is 6.42 Å². The SMILES string of the molecule is C[C@@H]1OCCN2c3c(cc4c(-c5cncs5)noc4c3Cl)CC3(C(=O)NC(=O)NC3=O)[C@@H]12. The highest BCUT2D eigenvalue weighted by molar-refractivity contribution is 7.13. The smallest absolute Gasteiger partial charge is 0.328 e. The Bertz CT molecular complexity index is 1290. The van der Waals surface area contributed by atoms with Gasteiger partial charge in [0, 0.05) is 12.7 Å². The van der Waals surface area contributed by atoms with Gasteiger partial charge in [-0.25, -0.2) is 4.79 Å². The molecule has 0 bridgehead atoms. The number of thiazole rings is 1. The molecule has 1 aromatic carbocycles. The van der Waals surface area contributed by atoms with Gasteiger partial charge in [-0.2, -0.15) is 0 Å².